The van der Waals surface area contributed by atoms with E-state index in [0.29, 0.717) is 6.54 Å². The zero-order chi connectivity index (χ0) is 13.1. The van der Waals surface area contributed by atoms with Crippen LogP contribution in [0.1, 0.15) is 13.8 Å². The standard InChI is InChI=1S/C8H12Cl2N4O2S/c1-5(2)4-11-17(15,16)14-7-3-6(9)12-8(10)13-7/h3,5,11H,4H2,1-2H3,(H,12,13,14). The molecule has 17 heavy (non-hydrogen) atoms. The first-order chi connectivity index (χ1) is 7.78. The van der Waals surface area contributed by atoms with Crippen LogP contribution in [0.4, 0.5) is 5.82 Å². The third-order valence-electron chi connectivity index (χ3n) is 1.59. The summed E-state index contributed by atoms with van der Waals surface area (Å²) in [7, 11) is -3.67. The Kier molecular flexibility index (Phi) is 4.93. The summed E-state index contributed by atoms with van der Waals surface area (Å²) in [4.78, 5) is 7.29. The molecule has 0 atom stereocenters. The molecule has 0 aromatic carbocycles. The number of nitrogens with one attached hydrogen (secondary N) is 2. The van der Waals surface area contributed by atoms with Crippen LogP contribution in [0.2, 0.25) is 10.4 Å². The summed E-state index contributed by atoms with van der Waals surface area (Å²) in [6, 6.07) is 1.27. The molecule has 1 rings (SSSR count). The summed E-state index contributed by atoms with van der Waals surface area (Å²) in [6.07, 6.45) is 0. The van der Waals surface area contributed by atoms with Crippen LogP contribution in [-0.2, 0) is 10.2 Å². The van der Waals surface area contributed by atoms with Crippen molar-refractivity contribution in [3.63, 3.8) is 0 Å². The summed E-state index contributed by atoms with van der Waals surface area (Å²) in [6.45, 7) is 4.10. The third-order valence-corrected chi connectivity index (χ3v) is 2.98. The first-order valence-corrected chi connectivity index (χ1v) is 7.00. The zero-order valence-corrected chi connectivity index (χ0v) is 11.6. The molecule has 0 saturated carbocycles. The van der Waals surface area contributed by atoms with E-state index in [2.05, 4.69) is 19.4 Å². The highest BCUT2D eigenvalue weighted by atomic mass is 35.5. The summed E-state index contributed by atoms with van der Waals surface area (Å²) >= 11 is 11.2. The third kappa shape index (κ3) is 5.49. The van der Waals surface area contributed by atoms with E-state index in [1.165, 1.54) is 6.07 Å². The van der Waals surface area contributed by atoms with Crippen molar-refractivity contribution in [1.29, 1.82) is 0 Å². The zero-order valence-electron chi connectivity index (χ0n) is 9.24. The van der Waals surface area contributed by atoms with Gasteiger partial charge in [-0.25, -0.2) is 4.98 Å². The number of halogens is 2. The van der Waals surface area contributed by atoms with E-state index < -0.39 is 10.2 Å². The second-order valence-electron chi connectivity index (χ2n) is 3.69. The molecule has 0 radical (unpaired) electrons. The lowest BCUT2D eigenvalue weighted by atomic mass is 10.2. The Morgan fingerprint density at radius 3 is 2.53 bits per heavy atom. The van der Waals surface area contributed by atoms with Gasteiger partial charge < -0.3 is 0 Å². The SMILES string of the molecule is CC(C)CNS(=O)(=O)Nc1cc(Cl)nc(Cl)n1. The van der Waals surface area contributed by atoms with Crippen LogP contribution < -0.4 is 9.44 Å². The molecule has 0 unspecified atom stereocenters. The van der Waals surface area contributed by atoms with E-state index in [1.807, 2.05) is 13.8 Å². The first-order valence-electron chi connectivity index (χ1n) is 4.76. The molecule has 0 spiro atoms. The van der Waals surface area contributed by atoms with Gasteiger partial charge in [0.1, 0.15) is 11.0 Å². The molecule has 0 saturated heterocycles. The van der Waals surface area contributed by atoms with Gasteiger partial charge in [-0.15, -0.1) is 0 Å². The van der Waals surface area contributed by atoms with E-state index in [9.17, 15) is 8.42 Å². The summed E-state index contributed by atoms with van der Waals surface area (Å²) in [5, 5.41) is -0.0642. The number of rotatable bonds is 5. The minimum Gasteiger partial charge on any atom is -0.254 e. The fourth-order valence-electron chi connectivity index (χ4n) is 0.892. The van der Waals surface area contributed by atoms with Gasteiger partial charge in [-0.2, -0.15) is 18.1 Å². The van der Waals surface area contributed by atoms with Crippen LogP contribution in [0, 0.1) is 5.92 Å². The van der Waals surface area contributed by atoms with E-state index in [1.54, 1.807) is 0 Å². The van der Waals surface area contributed by atoms with Gasteiger partial charge in [-0.3, -0.25) is 4.72 Å². The van der Waals surface area contributed by atoms with Crippen molar-refractivity contribution >= 4 is 39.2 Å². The highest BCUT2D eigenvalue weighted by Gasteiger charge is 2.12. The normalized spacial score (nSPS) is 11.8. The predicted molar refractivity (Wildman–Crippen MR) is 67.4 cm³/mol. The molecule has 0 aliphatic rings. The van der Waals surface area contributed by atoms with Crippen molar-refractivity contribution in [2.75, 3.05) is 11.3 Å². The van der Waals surface area contributed by atoms with Crippen LogP contribution >= 0.6 is 23.2 Å². The number of nitrogens with zero attached hydrogens (tertiary/aromatic N) is 2. The van der Waals surface area contributed by atoms with Crippen molar-refractivity contribution in [3.05, 3.63) is 16.5 Å². The van der Waals surface area contributed by atoms with E-state index in [-0.39, 0.29) is 22.2 Å². The average molecular weight is 299 g/mol. The Balaban J connectivity index is 2.76. The molecule has 2 N–H and O–H groups in total. The van der Waals surface area contributed by atoms with Crippen LogP contribution in [0.5, 0.6) is 0 Å². The van der Waals surface area contributed by atoms with E-state index in [0.717, 1.165) is 0 Å². The number of hydrogen-bond donors (Lipinski definition) is 2. The maximum atomic E-state index is 11.6. The van der Waals surface area contributed by atoms with Crippen molar-refractivity contribution in [3.8, 4) is 0 Å². The minimum atomic E-state index is -3.67. The van der Waals surface area contributed by atoms with Crippen LogP contribution in [0.25, 0.3) is 0 Å². The fourth-order valence-corrected chi connectivity index (χ4v) is 2.31. The van der Waals surface area contributed by atoms with Gasteiger partial charge in [0.05, 0.1) is 0 Å². The van der Waals surface area contributed by atoms with Crippen LogP contribution in [-0.4, -0.2) is 24.9 Å². The average Bonchev–Trinajstić information content (AvgIpc) is 2.12. The first kappa shape index (κ1) is 14.4. The number of hydrogen-bond acceptors (Lipinski definition) is 4. The molecular weight excluding hydrogens is 287 g/mol. The number of aromatic nitrogens is 2. The van der Waals surface area contributed by atoms with Gasteiger partial charge in [0, 0.05) is 12.6 Å². The van der Waals surface area contributed by atoms with Gasteiger partial charge in [0.25, 0.3) is 10.2 Å². The molecule has 0 fully saturated rings. The second-order valence-corrected chi connectivity index (χ2v) is 5.92. The molecule has 9 heteroatoms. The van der Waals surface area contributed by atoms with E-state index >= 15 is 0 Å². The smallest absolute Gasteiger partial charge is 0.254 e. The highest BCUT2D eigenvalue weighted by molar-refractivity contribution is 7.90. The summed E-state index contributed by atoms with van der Waals surface area (Å²) in [5.41, 5.74) is 0. The quantitative estimate of drug-likeness (QED) is 0.640. The lowest BCUT2D eigenvalue weighted by Crippen LogP contribution is -2.33. The maximum absolute atomic E-state index is 11.6. The lowest BCUT2D eigenvalue weighted by molar-refractivity contribution is 0.564. The van der Waals surface area contributed by atoms with E-state index in [4.69, 9.17) is 23.2 Å². The summed E-state index contributed by atoms with van der Waals surface area (Å²) in [5.74, 6) is 0.218. The van der Waals surface area contributed by atoms with Gasteiger partial charge >= 0.3 is 0 Å². The van der Waals surface area contributed by atoms with Crippen LogP contribution in [0.3, 0.4) is 0 Å². The van der Waals surface area contributed by atoms with Gasteiger partial charge in [0.15, 0.2) is 0 Å². The molecule has 0 aliphatic heterocycles. The Hall–Kier alpha value is -0.630. The Bertz CT molecular complexity index is 472. The van der Waals surface area contributed by atoms with Crippen molar-refractivity contribution in [2.45, 2.75) is 13.8 Å². The van der Waals surface area contributed by atoms with Crippen LogP contribution in [0.15, 0.2) is 6.07 Å². The summed E-state index contributed by atoms with van der Waals surface area (Å²) < 4.78 is 27.7. The van der Waals surface area contributed by atoms with Crippen molar-refractivity contribution in [2.24, 2.45) is 5.92 Å². The molecule has 96 valence electrons. The van der Waals surface area contributed by atoms with Gasteiger partial charge in [-0.05, 0) is 17.5 Å². The number of anilines is 1. The molecule has 0 bridgehead atoms. The van der Waals surface area contributed by atoms with Gasteiger partial charge in [0.2, 0.25) is 5.28 Å². The Morgan fingerprint density at radius 2 is 2.00 bits per heavy atom. The molecule has 0 amide bonds. The maximum Gasteiger partial charge on any atom is 0.300 e. The molecule has 1 aromatic rings. The second kappa shape index (κ2) is 5.81. The van der Waals surface area contributed by atoms with Crippen molar-refractivity contribution in [1.82, 2.24) is 14.7 Å². The molecule has 1 heterocycles. The Labute approximate surface area is 110 Å². The lowest BCUT2D eigenvalue weighted by Gasteiger charge is -2.10. The largest absolute Gasteiger partial charge is 0.300 e. The van der Waals surface area contributed by atoms with Gasteiger partial charge in [-0.1, -0.05) is 25.4 Å². The topological polar surface area (TPSA) is 84.0 Å². The molecule has 6 nitrogen and oxygen atoms in total. The molecule has 0 aliphatic carbocycles. The highest BCUT2D eigenvalue weighted by Crippen LogP contribution is 2.14. The molecule has 1 aromatic heterocycles. The molecular formula is C8H12Cl2N4O2S. The predicted octanol–water partition coefficient (Wildman–Crippen LogP) is 1.69. The monoisotopic (exact) mass is 298 g/mol. The minimum absolute atomic E-state index is 0.0197. The van der Waals surface area contributed by atoms with Crippen molar-refractivity contribution < 1.29 is 8.42 Å². The Morgan fingerprint density at radius 1 is 1.35 bits per heavy atom. The fraction of sp³-hybridized carbons (Fsp3) is 0.500.